The number of hydrogen-bond donors (Lipinski definition) is 1. The number of para-hydroxylation sites is 1. The van der Waals surface area contributed by atoms with Crippen LogP contribution in [-0.2, 0) is 10.7 Å². The van der Waals surface area contributed by atoms with Crippen LogP contribution in [0.25, 0.3) is 10.9 Å². The van der Waals surface area contributed by atoms with Gasteiger partial charge < -0.3 is 9.67 Å². The summed E-state index contributed by atoms with van der Waals surface area (Å²) in [4.78, 5) is 16.3. The Morgan fingerprint density at radius 1 is 1.35 bits per heavy atom. The quantitative estimate of drug-likeness (QED) is 0.805. The van der Waals surface area contributed by atoms with Gasteiger partial charge in [-0.3, -0.25) is 9.36 Å². The van der Waals surface area contributed by atoms with Gasteiger partial charge in [0.25, 0.3) is 5.56 Å². The summed E-state index contributed by atoms with van der Waals surface area (Å²) in [5.74, 6) is 0. The van der Waals surface area contributed by atoms with Crippen molar-refractivity contribution in [2.75, 3.05) is 19.0 Å². The Morgan fingerprint density at radius 3 is 2.61 bits per heavy atom. The third-order valence-electron chi connectivity index (χ3n) is 4.07. The van der Waals surface area contributed by atoms with Crippen molar-refractivity contribution in [1.82, 2.24) is 9.55 Å². The zero-order valence-corrected chi connectivity index (χ0v) is 13.0. The highest BCUT2D eigenvalue weighted by molar-refractivity contribution is 7.63. The minimum absolute atomic E-state index is 0.0880. The summed E-state index contributed by atoms with van der Waals surface area (Å²) < 4.78 is 52.2. The van der Waals surface area contributed by atoms with Crippen molar-refractivity contribution in [3.05, 3.63) is 40.4 Å². The Morgan fingerprint density at radius 2 is 2.04 bits per heavy atom. The average Bonchev–Trinajstić information content (AvgIpc) is 2.71. The summed E-state index contributed by atoms with van der Waals surface area (Å²) in [6.45, 7) is 1.54. The molecule has 1 aromatic carbocycles. The maximum absolute atomic E-state index is 13.0. The van der Waals surface area contributed by atoms with Crippen molar-refractivity contribution in [3.8, 4) is 0 Å². The van der Waals surface area contributed by atoms with Gasteiger partial charge in [-0.2, -0.15) is 13.2 Å². The van der Waals surface area contributed by atoms with E-state index in [4.69, 9.17) is 0 Å². The number of nitrogens with zero attached hydrogens (tertiary/aromatic N) is 2. The van der Waals surface area contributed by atoms with Crippen molar-refractivity contribution in [1.29, 1.82) is 0 Å². The number of aliphatic hydroxyl groups excluding tert-OH is 1. The van der Waals surface area contributed by atoms with Gasteiger partial charge in [0.05, 0.1) is 42.1 Å². The Bertz CT molecular complexity index is 878. The van der Waals surface area contributed by atoms with Crippen LogP contribution in [0.15, 0.2) is 29.3 Å². The van der Waals surface area contributed by atoms with E-state index in [1.165, 1.54) is 12.7 Å². The molecule has 3 atom stereocenters. The molecule has 0 radical (unpaired) electrons. The van der Waals surface area contributed by atoms with E-state index in [0.717, 1.165) is 23.0 Å². The van der Waals surface area contributed by atoms with Crippen LogP contribution in [0.3, 0.4) is 0 Å². The van der Waals surface area contributed by atoms with Gasteiger partial charge in [0.15, 0.2) is 0 Å². The SMILES string of the molecule is C[P@@]1(=O)C[C@@H](O)[C@H](n2cnc3c(C(F)(F)F)cccc3c2=O)C1. The second-order valence-electron chi connectivity index (χ2n) is 5.95. The number of fused-ring (bicyclic) bond motifs is 1. The van der Waals surface area contributed by atoms with E-state index < -0.39 is 42.1 Å². The Labute approximate surface area is 129 Å². The number of halogens is 3. The molecule has 5 nitrogen and oxygen atoms in total. The van der Waals surface area contributed by atoms with Crippen LogP contribution in [0.5, 0.6) is 0 Å². The maximum Gasteiger partial charge on any atom is 0.418 e. The highest BCUT2D eigenvalue weighted by atomic mass is 31.2. The van der Waals surface area contributed by atoms with Gasteiger partial charge in [0.2, 0.25) is 0 Å². The molecule has 9 heteroatoms. The molecule has 1 N–H and O–H groups in total. The number of aliphatic hydroxyl groups is 1. The minimum Gasteiger partial charge on any atom is -0.390 e. The molecule has 1 aliphatic heterocycles. The lowest BCUT2D eigenvalue weighted by Gasteiger charge is -2.18. The summed E-state index contributed by atoms with van der Waals surface area (Å²) in [6, 6.07) is 2.55. The van der Waals surface area contributed by atoms with E-state index in [1.807, 2.05) is 0 Å². The zero-order valence-electron chi connectivity index (χ0n) is 12.1. The van der Waals surface area contributed by atoms with Gasteiger partial charge in [-0.1, -0.05) is 6.07 Å². The van der Waals surface area contributed by atoms with E-state index in [2.05, 4.69) is 4.98 Å². The lowest BCUT2D eigenvalue weighted by atomic mass is 10.1. The molecule has 124 valence electrons. The second kappa shape index (κ2) is 5.18. The summed E-state index contributed by atoms with van der Waals surface area (Å²) in [7, 11) is -2.55. The van der Waals surface area contributed by atoms with Crippen LogP contribution in [0.4, 0.5) is 13.2 Å². The van der Waals surface area contributed by atoms with Crippen molar-refractivity contribution in [2.45, 2.75) is 18.3 Å². The van der Waals surface area contributed by atoms with E-state index in [-0.39, 0.29) is 17.7 Å². The molecule has 3 rings (SSSR count). The first-order valence-electron chi connectivity index (χ1n) is 6.91. The molecule has 1 saturated heterocycles. The molecule has 0 spiro atoms. The molecule has 2 aromatic rings. The lowest BCUT2D eigenvalue weighted by molar-refractivity contribution is -0.136. The van der Waals surface area contributed by atoms with Crippen LogP contribution < -0.4 is 5.56 Å². The maximum atomic E-state index is 13.0. The average molecular weight is 346 g/mol. The lowest BCUT2D eigenvalue weighted by Crippen LogP contribution is -2.32. The van der Waals surface area contributed by atoms with E-state index in [1.54, 1.807) is 0 Å². The number of aromatic nitrogens is 2. The first-order valence-corrected chi connectivity index (χ1v) is 9.43. The molecule has 0 bridgehead atoms. The summed E-state index contributed by atoms with van der Waals surface area (Å²) in [6.07, 6.45) is -4.38. The predicted molar refractivity (Wildman–Crippen MR) is 79.3 cm³/mol. The minimum atomic E-state index is -4.61. The molecule has 0 amide bonds. The van der Waals surface area contributed by atoms with Gasteiger partial charge in [-0.15, -0.1) is 0 Å². The van der Waals surface area contributed by atoms with Crippen molar-refractivity contribution >= 4 is 18.0 Å². The van der Waals surface area contributed by atoms with E-state index in [9.17, 15) is 27.6 Å². The number of rotatable bonds is 1. The van der Waals surface area contributed by atoms with Gasteiger partial charge in [0.1, 0.15) is 0 Å². The predicted octanol–water partition coefficient (Wildman–Crippen LogP) is 2.32. The summed E-state index contributed by atoms with van der Waals surface area (Å²) >= 11 is 0. The fraction of sp³-hybridized carbons (Fsp3) is 0.429. The topological polar surface area (TPSA) is 72.2 Å². The number of benzene rings is 1. The number of hydrogen-bond acceptors (Lipinski definition) is 4. The highest BCUT2D eigenvalue weighted by Gasteiger charge is 2.40. The first kappa shape index (κ1) is 16.2. The van der Waals surface area contributed by atoms with E-state index >= 15 is 0 Å². The fourth-order valence-electron chi connectivity index (χ4n) is 3.01. The first-order chi connectivity index (χ1) is 10.6. The third kappa shape index (κ3) is 2.81. The standard InChI is InChI=1S/C14H14F3N2O3P/c1-23(22)5-10(11(20)6-23)19-7-18-12-8(13(19)21)3-2-4-9(12)14(15,16)17/h2-4,7,10-11,20H,5-6H2,1H3/t10-,11-,23+/m1/s1. The Kier molecular flexibility index (Phi) is 3.65. The smallest absolute Gasteiger partial charge is 0.390 e. The van der Waals surface area contributed by atoms with Crippen LogP contribution in [-0.4, -0.2) is 39.8 Å². The van der Waals surface area contributed by atoms with Crippen LogP contribution in [0, 0.1) is 0 Å². The monoisotopic (exact) mass is 346 g/mol. The van der Waals surface area contributed by atoms with Crippen molar-refractivity contribution < 1.29 is 22.8 Å². The number of alkyl halides is 3. The largest absolute Gasteiger partial charge is 0.418 e. The van der Waals surface area contributed by atoms with Crippen LogP contribution in [0.1, 0.15) is 11.6 Å². The molecular weight excluding hydrogens is 332 g/mol. The molecule has 1 fully saturated rings. The summed E-state index contributed by atoms with van der Waals surface area (Å²) in [5, 5.41) is 9.84. The normalized spacial score (nSPS) is 28.4. The van der Waals surface area contributed by atoms with Gasteiger partial charge in [0, 0.05) is 12.3 Å². The van der Waals surface area contributed by atoms with Crippen molar-refractivity contribution in [3.63, 3.8) is 0 Å². The Hall–Kier alpha value is -1.66. The van der Waals surface area contributed by atoms with Gasteiger partial charge >= 0.3 is 6.18 Å². The molecular formula is C14H14F3N2O3P. The van der Waals surface area contributed by atoms with Gasteiger partial charge in [-0.25, -0.2) is 4.98 Å². The second-order valence-corrected chi connectivity index (χ2v) is 9.28. The van der Waals surface area contributed by atoms with Crippen molar-refractivity contribution in [2.24, 2.45) is 0 Å². The van der Waals surface area contributed by atoms with Crippen LogP contribution >= 0.6 is 7.14 Å². The molecule has 0 unspecified atom stereocenters. The van der Waals surface area contributed by atoms with Gasteiger partial charge in [-0.05, 0) is 18.8 Å². The Balaban J connectivity index is 2.18. The summed E-state index contributed by atoms with van der Waals surface area (Å²) in [5.41, 5.74) is -2.08. The molecule has 23 heavy (non-hydrogen) atoms. The molecule has 2 heterocycles. The third-order valence-corrected chi connectivity index (χ3v) is 6.36. The fourth-order valence-corrected chi connectivity index (χ4v) is 5.41. The molecule has 1 aliphatic rings. The molecule has 0 aliphatic carbocycles. The highest BCUT2D eigenvalue weighted by Crippen LogP contribution is 2.52. The molecule has 1 aromatic heterocycles. The zero-order chi connectivity index (χ0) is 17.0. The van der Waals surface area contributed by atoms with E-state index in [0.29, 0.717) is 0 Å². The van der Waals surface area contributed by atoms with Crippen LogP contribution in [0.2, 0.25) is 0 Å². The molecule has 0 saturated carbocycles.